The van der Waals surface area contributed by atoms with E-state index in [1.54, 1.807) is 38.1 Å². The van der Waals surface area contributed by atoms with Crippen LogP contribution in [0, 0.1) is 12.8 Å². The third-order valence-corrected chi connectivity index (χ3v) is 7.50. The summed E-state index contributed by atoms with van der Waals surface area (Å²) < 4.78 is 17.2. The Morgan fingerprint density at radius 1 is 1.16 bits per heavy atom. The summed E-state index contributed by atoms with van der Waals surface area (Å²) >= 11 is 1.05. The number of rotatable bonds is 8. The number of thiazole rings is 1. The second-order valence-corrected chi connectivity index (χ2v) is 10.5. The molecule has 9 heteroatoms. The summed E-state index contributed by atoms with van der Waals surface area (Å²) in [6, 6.07) is 13.4. The summed E-state index contributed by atoms with van der Waals surface area (Å²) in [4.78, 5) is 46.4. The first kappa shape index (κ1) is 25.7. The van der Waals surface area contributed by atoms with Gasteiger partial charge < -0.3 is 13.9 Å². The van der Waals surface area contributed by atoms with Crippen molar-refractivity contribution in [3.63, 3.8) is 0 Å². The molecular formula is C29H28N2O6S. The van der Waals surface area contributed by atoms with E-state index in [0.717, 1.165) is 17.8 Å². The molecule has 2 aromatic carbocycles. The van der Waals surface area contributed by atoms with Crippen LogP contribution in [0.4, 0.5) is 5.13 Å². The average molecular weight is 533 g/mol. The van der Waals surface area contributed by atoms with E-state index < -0.39 is 17.9 Å². The van der Waals surface area contributed by atoms with Crippen LogP contribution in [-0.4, -0.2) is 30.1 Å². The van der Waals surface area contributed by atoms with E-state index in [9.17, 15) is 14.4 Å². The van der Waals surface area contributed by atoms with Crippen LogP contribution in [0.2, 0.25) is 0 Å². The van der Waals surface area contributed by atoms with Gasteiger partial charge in [0.05, 0.1) is 35.9 Å². The molecule has 0 spiro atoms. The molecule has 4 aromatic rings. The van der Waals surface area contributed by atoms with Crippen LogP contribution in [0.15, 0.2) is 57.7 Å². The van der Waals surface area contributed by atoms with Crippen molar-refractivity contribution in [3.8, 4) is 5.75 Å². The largest absolute Gasteiger partial charge is 0.494 e. The van der Waals surface area contributed by atoms with E-state index in [1.807, 2.05) is 24.3 Å². The Morgan fingerprint density at radius 2 is 1.95 bits per heavy atom. The van der Waals surface area contributed by atoms with Gasteiger partial charge in [0.25, 0.3) is 5.91 Å². The predicted octanol–water partition coefficient (Wildman–Crippen LogP) is 5.91. The number of para-hydroxylation sites is 1. The maximum atomic E-state index is 13.8. The Bertz CT molecular complexity index is 1590. The van der Waals surface area contributed by atoms with E-state index >= 15 is 0 Å². The van der Waals surface area contributed by atoms with Crippen molar-refractivity contribution in [2.45, 2.75) is 40.2 Å². The molecule has 0 fully saturated rings. The molecular weight excluding hydrogens is 504 g/mol. The topological polar surface area (TPSA) is 98.9 Å². The zero-order valence-corrected chi connectivity index (χ0v) is 22.5. The van der Waals surface area contributed by atoms with Crippen LogP contribution >= 0.6 is 11.3 Å². The molecule has 0 saturated heterocycles. The molecule has 1 amide bonds. The molecule has 0 N–H and O–H groups in total. The molecule has 1 atom stereocenters. The summed E-state index contributed by atoms with van der Waals surface area (Å²) in [5.74, 6) is 0.0952. The minimum atomic E-state index is -0.812. The third-order valence-electron chi connectivity index (χ3n) is 6.37. The van der Waals surface area contributed by atoms with Gasteiger partial charge in [-0.05, 0) is 56.0 Å². The number of benzene rings is 2. The lowest BCUT2D eigenvalue weighted by Crippen LogP contribution is -2.29. The number of esters is 1. The van der Waals surface area contributed by atoms with Crippen LogP contribution in [-0.2, 0) is 4.74 Å². The number of anilines is 1. The lowest BCUT2D eigenvalue weighted by molar-refractivity contribution is 0.0531. The second kappa shape index (κ2) is 10.4. The number of aryl methyl sites for hydroxylation is 1. The number of fused-ring (bicyclic) bond motifs is 2. The third kappa shape index (κ3) is 4.58. The quantitative estimate of drug-likeness (QED) is 0.260. The highest BCUT2D eigenvalue weighted by Crippen LogP contribution is 2.43. The lowest BCUT2D eigenvalue weighted by atomic mass is 9.98. The molecule has 5 rings (SSSR count). The van der Waals surface area contributed by atoms with E-state index in [1.165, 1.54) is 4.90 Å². The van der Waals surface area contributed by atoms with Gasteiger partial charge in [-0.3, -0.25) is 14.5 Å². The minimum Gasteiger partial charge on any atom is -0.494 e. The minimum absolute atomic E-state index is 0.0321. The molecule has 0 saturated carbocycles. The number of hydrogen-bond donors (Lipinski definition) is 0. The fraction of sp³-hybridized carbons (Fsp3) is 0.310. The first-order chi connectivity index (χ1) is 18.3. The average Bonchev–Trinajstić information content (AvgIpc) is 3.41. The van der Waals surface area contributed by atoms with Crippen LogP contribution < -0.4 is 15.1 Å². The zero-order chi connectivity index (χ0) is 27.0. The van der Waals surface area contributed by atoms with Crippen molar-refractivity contribution in [1.29, 1.82) is 0 Å². The van der Waals surface area contributed by atoms with Crippen LogP contribution in [0.5, 0.6) is 5.75 Å². The number of aromatic nitrogens is 1. The predicted molar refractivity (Wildman–Crippen MR) is 145 cm³/mol. The fourth-order valence-corrected chi connectivity index (χ4v) is 5.48. The van der Waals surface area contributed by atoms with Crippen molar-refractivity contribution in [2.75, 3.05) is 18.1 Å². The Labute approximate surface area is 223 Å². The van der Waals surface area contributed by atoms with Crippen molar-refractivity contribution >= 4 is 39.3 Å². The first-order valence-corrected chi connectivity index (χ1v) is 13.4. The van der Waals surface area contributed by atoms with E-state index in [4.69, 9.17) is 13.9 Å². The summed E-state index contributed by atoms with van der Waals surface area (Å²) in [5.41, 5.74) is 1.40. The maximum absolute atomic E-state index is 13.8. The summed E-state index contributed by atoms with van der Waals surface area (Å²) in [6.45, 7) is 8.44. The summed E-state index contributed by atoms with van der Waals surface area (Å²) in [6.07, 6.45) is 0.895. The highest BCUT2D eigenvalue weighted by atomic mass is 32.1. The number of amides is 1. The SMILES string of the molecule is CCOC(=O)c1sc(N2C(=O)c3oc4ccccc4c(=O)c3C2c2cccc(OCCC(C)C)c2)nc1C. The smallest absolute Gasteiger partial charge is 0.350 e. The second-order valence-electron chi connectivity index (χ2n) is 9.48. The molecule has 8 nitrogen and oxygen atoms in total. The van der Waals surface area contributed by atoms with E-state index in [2.05, 4.69) is 18.8 Å². The summed E-state index contributed by atoms with van der Waals surface area (Å²) in [7, 11) is 0. The van der Waals surface area contributed by atoms with E-state index in [-0.39, 0.29) is 28.5 Å². The Hall–Kier alpha value is -3.98. The van der Waals surface area contributed by atoms with Gasteiger partial charge >= 0.3 is 5.97 Å². The molecule has 1 aliphatic heterocycles. The van der Waals surface area contributed by atoms with Gasteiger partial charge in [0.2, 0.25) is 5.76 Å². The molecule has 1 aliphatic rings. The molecule has 2 aromatic heterocycles. The van der Waals surface area contributed by atoms with Crippen molar-refractivity contribution in [3.05, 3.63) is 86.2 Å². The van der Waals surface area contributed by atoms with Gasteiger partial charge in [0.1, 0.15) is 16.2 Å². The number of ether oxygens (including phenoxy) is 2. The molecule has 196 valence electrons. The number of nitrogens with zero attached hydrogens (tertiary/aromatic N) is 2. The Balaban J connectivity index is 1.66. The number of hydrogen-bond acceptors (Lipinski definition) is 8. The van der Waals surface area contributed by atoms with Gasteiger partial charge in [-0.2, -0.15) is 0 Å². The Kier molecular flexibility index (Phi) is 7.03. The van der Waals surface area contributed by atoms with E-state index in [0.29, 0.717) is 45.4 Å². The zero-order valence-electron chi connectivity index (χ0n) is 21.6. The molecule has 0 radical (unpaired) electrons. The van der Waals surface area contributed by atoms with Crippen molar-refractivity contribution in [1.82, 2.24) is 4.98 Å². The van der Waals surface area contributed by atoms with Crippen LogP contribution in [0.1, 0.15) is 70.3 Å². The fourth-order valence-electron chi connectivity index (χ4n) is 4.49. The van der Waals surface area contributed by atoms with Gasteiger partial charge in [0.15, 0.2) is 10.6 Å². The van der Waals surface area contributed by atoms with Crippen LogP contribution in [0.25, 0.3) is 11.0 Å². The first-order valence-electron chi connectivity index (χ1n) is 12.6. The van der Waals surface area contributed by atoms with Gasteiger partial charge in [-0.1, -0.05) is 49.4 Å². The monoisotopic (exact) mass is 532 g/mol. The molecule has 38 heavy (non-hydrogen) atoms. The standard InChI is InChI=1S/C29H28N2O6S/c1-5-35-28(34)26-17(4)30-29(38-26)31-23(18-9-8-10-19(15-18)36-14-13-16(2)3)22-24(32)20-11-6-7-12-21(20)37-25(22)27(31)33/h6-12,15-16,23H,5,13-14H2,1-4H3. The van der Waals surface area contributed by atoms with Crippen molar-refractivity contribution in [2.24, 2.45) is 5.92 Å². The molecule has 1 unspecified atom stereocenters. The normalized spacial score (nSPS) is 14.8. The van der Waals surface area contributed by atoms with Crippen LogP contribution in [0.3, 0.4) is 0 Å². The van der Waals surface area contributed by atoms with Gasteiger partial charge in [-0.15, -0.1) is 0 Å². The highest BCUT2D eigenvalue weighted by Gasteiger charge is 2.45. The van der Waals surface area contributed by atoms with Gasteiger partial charge in [-0.25, -0.2) is 9.78 Å². The number of carbonyl (C=O) groups excluding carboxylic acids is 2. The Morgan fingerprint density at radius 3 is 2.71 bits per heavy atom. The molecule has 0 aliphatic carbocycles. The molecule has 3 heterocycles. The lowest BCUT2D eigenvalue weighted by Gasteiger charge is -2.23. The maximum Gasteiger partial charge on any atom is 0.350 e. The summed E-state index contributed by atoms with van der Waals surface area (Å²) in [5, 5.41) is 0.666. The molecule has 0 bridgehead atoms. The van der Waals surface area contributed by atoms with Gasteiger partial charge in [0, 0.05) is 0 Å². The number of carbonyl (C=O) groups is 2. The van der Waals surface area contributed by atoms with Crippen molar-refractivity contribution < 1.29 is 23.5 Å². The highest BCUT2D eigenvalue weighted by molar-refractivity contribution is 7.17.